The summed E-state index contributed by atoms with van der Waals surface area (Å²) in [5, 5.41) is 0. The molecular formula is C9H12FNOS. The summed E-state index contributed by atoms with van der Waals surface area (Å²) in [4.78, 5) is 0. The van der Waals surface area contributed by atoms with E-state index in [0.29, 0.717) is 5.56 Å². The van der Waals surface area contributed by atoms with E-state index in [9.17, 15) is 8.60 Å². The normalized spacial score (nSPS) is 15.3. The Labute approximate surface area is 77.8 Å². The molecule has 0 amide bonds. The molecule has 0 aliphatic carbocycles. The van der Waals surface area contributed by atoms with Gasteiger partial charge in [0.05, 0.1) is 5.75 Å². The van der Waals surface area contributed by atoms with Crippen molar-refractivity contribution in [1.82, 2.24) is 0 Å². The van der Waals surface area contributed by atoms with Crippen molar-refractivity contribution in [2.24, 2.45) is 0 Å². The summed E-state index contributed by atoms with van der Waals surface area (Å²) in [6.07, 6.45) is 1.35. The Kier molecular flexibility index (Phi) is 2.71. The molecule has 2 nitrogen and oxygen atoms in total. The minimum absolute atomic E-state index is 0.117. The third-order valence-electron chi connectivity index (χ3n) is 1.54. The minimum atomic E-state index is -2.58. The molecule has 72 valence electrons. The molecule has 0 aliphatic rings. The molecule has 0 aromatic heterocycles. The second-order valence-electron chi connectivity index (χ2n) is 3.29. The van der Waals surface area contributed by atoms with E-state index in [1.807, 2.05) is 0 Å². The molecule has 1 aromatic carbocycles. The van der Waals surface area contributed by atoms with Crippen molar-refractivity contribution in [1.29, 1.82) is 4.78 Å². The first-order chi connectivity index (χ1) is 5.87. The third-order valence-corrected chi connectivity index (χ3v) is 2.43. The smallest absolute Gasteiger partial charge is 0.123 e. The van der Waals surface area contributed by atoms with Crippen LogP contribution in [0, 0.1) is 17.5 Å². The highest BCUT2D eigenvalue weighted by Crippen LogP contribution is 2.11. The van der Waals surface area contributed by atoms with Crippen LogP contribution in [0.2, 0.25) is 0 Å². The van der Waals surface area contributed by atoms with E-state index >= 15 is 0 Å². The van der Waals surface area contributed by atoms with Crippen molar-refractivity contribution in [3.8, 4) is 0 Å². The van der Waals surface area contributed by atoms with Crippen LogP contribution in [0.15, 0.2) is 18.2 Å². The molecule has 0 bridgehead atoms. The SMILES string of the molecule is Cc1cc(F)cc(CS(C)(=N)=O)c1. The standard InChI is InChI=1S/C9H12FNOS/c1-7-3-8(5-9(10)4-7)6-13(2,11)12/h3-5,11H,6H2,1-2H3. The van der Waals surface area contributed by atoms with Crippen LogP contribution in [-0.2, 0) is 15.5 Å². The molecule has 1 aromatic rings. The molecule has 0 fully saturated rings. The van der Waals surface area contributed by atoms with Gasteiger partial charge in [-0.1, -0.05) is 6.07 Å². The summed E-state index contributed by atoms with van der Waals surface area (Å²) in [6.45, 7) is 1.77. The van der Waals surface area contributed by atoms with Crippen LogP contribution in [0.1, 0.15) is 11.1 Å². The van der Waals surface area contributed by atoms with Crippen molar-refractivity contribution in [3.63, 3.8) is 0 Å². The molecule has 0 spiro atoms. The number of rotatable bonds is 2. The van der Waals surface area contributed by atoms with Gasteiger partial charge in [0.2, 0.25) is 0 Å². The van der Waals surface area contributed by atoms with Crippen molar-refractivity contribution >= 4 is 9.73 Å². The van der Waals surface area contributed by atoms with E-state index in [-0.39, 0.29) is 11.6 Å². The van der Waals surface area contributed by atoms with Crippen LogP contribution in [0.5, 0.6) is 0 Å². The van der Waals surface area contributed by atoms with Gasteiger partial charge in [-0.2, -0.15) is 0 Å². The number of halogens is 1. The molecule has 1 rings (SSSR count). The molecule has 0 radical (unpaired) electrons. The van der Waals surface area contributed by atoms with Crippen molar-refractivity contribution < 1.29 is 8.60 Å². The average Bonchev–Trinajstić information content (AvgIpc) is 1.78. The predicted octanol–water partition coefficient (Wildman–Crippen LogP) is 2.31. The van der Waals surface area contributed by atoms with Crippen LogP contribution in [0.3, 0.4) is 0 Å². The average molecular weight is 201 g/mol. The largest absolute Gasteiger partial charge is 0.253 e. The molecule has 1 atom stereocenters. The van der Waals surface area contributed by atoms with Gasteiger partial charge in [-0.15, -0.1) is 0 Å². The van der Waals surface area contributed by atoms with E-state index in [1.165, 1.54) is 18.4 Å². The van der Waals surface area contributed by atoms with Crippen LogP contribution in [0.4, 0.5) is 4.39 Å². The van der Waals surface area contributed by atoms with Crippen LogP contribution in [0.25, 0.3) is 0 Å². The van der Waals surface area contributed by atoms with Gasteiger partial charge in [-0.25, -0.2) is 8.60 Å². The summed E-state index contributed by atoms with van der Waals surface area (Å²) in [7, 11) is -2.58. The first-order valence-corrected chi connectivity index (χ1v) is 5.98. The molecule has 4 heteroatoms. The fourth-order valence-electron chi connectivity index (χ4n) is 1.21. The monoisotopic (exact) mass is 201 g/mol. The quantitative estimate of drug-likeness (QED) is 0.783. The first-order valence-electron chi connectivity index (χ1n) is 3.84. The van der Waals surface area contributed by atoms with Gasteiger partial charge >= 0.3 is 0 Å². The maximum atomic E-state index is 12.8. The Morgan fingerprint density at radius 1 is 1.46 bits per heavy atom. The van der Waals surface area contributed by atoms with E-state index < -0.39 is 9.73 Å². The maximum Gasteiger partial charge on any atom is 0.123 e. The number of nitrogens with one attached hydrogen (secondary N) is 1. The maximum absolute atomic E-state index is 12.8. The highest BCUT2D eigenvalue weighted by Gasteiger charge is 2.03. The third kappa shape index (κ3) is 3.55. The second-order valence-corrected chi connectivity index (χ2v) is 5.58. The van der Waals surface area contributed by atoms with Crippen molar-refractivity contribution in [3.05, 3.63) is 35.1 Å². The molecule has 1 N–H and O–H groups in total. The Morgan fingerprint density at radius 3 is 2.54 bits per heavy atom. The van der Waals surface area contributed by atoms with Crippen LogP contribution < -0.4 is 0 Å². The summed E-state index contributed by atoms with van der Waals surface area (Å²) >= 11 is 0. The van der Waals surface area contributed by atoms with Crippen molar-refractivity contribution in [2.75, 3.05) is 6.26 Å². The minimum Gasteiger partial charge on any atom is -0.253 e. The zero-order valence-corrected chi connectivity index (χ0v) is 8.45. The van der Waals surface area contributed by atoms with Crippen LogP contribution in [-0.4, -0.2) is 10.5 Å². The molecular weight excluding hydrogens is 189 g/mol. The lowest BCUT2D eigenvalue weighted by Crippen LogP contribution is -1.99. The van der Waals surface area contributed by atoms with E-state index in [4.69, 9.17) is 4.78 Å². The number of hydrogen-bond acceptors (Lipinski definition) is 2. The zero-order chi connectivity index (χ0) is 10.1. The van der Waals surface area contributed by atoms with E-state index in [2.05, 4.69) is 0 Å². The zero-order valence-electron chi connectivity index (χ0n) is 7.63. The fraction of sp³-hybridized carbons (Fsp3) is 0.333. The molecule has 1 unspecified atom stereocenters. The number of aryl methyl sites for hydroxylation is 1. The predicted molar refractivity (Wildman–Crippen MR) is 51.6 cm³/mol. The summed E-state index contributed by atoms with van der Waals surface area (Å²) < 4.78 is 31.2. The second kappa shape index (κ2) is 3.46. The molecule has 0 aliphatic heterocycles. The van der Waals surface area contributed by atoms with E-state index in [1.54, 1.807) is 13.0 Å². The summed E-state index contributed by atoms with van der Waals surface area (Å²) in [6, 6.07) is 4.48. The lowest BCUT2D eigenvalue weighted by Gasteiger charge is -2.03. The number of hydrogen-bond donors (Lipinski definition) is 1. The molecule has 0 heterocycles. The fourth-order valence-corrected chi connectivity index (χ4v) is 2.02. The van der Waals surface area contributed by atoms with Gasteiger partial charge in [0.1, 0.15) is 5.82 Å². The van der Waals surface area contributed by atoms with Gasteiger partial charge in [-0.05, 0) is 30.2 Å². The molecule has 0 saturated heterocycles. The lowest BCUT2D eigenvalue weighted by molar-refractivity contribution is 0.625. The van der Waals surface area contributed by atoms with Gasteiger partial charge < -0.3 is 0 Å². The Morgan fingerprint density at radius 2 is 2.08 bits per heavy atom. The van der Waals surface area contributed by atoms with Gasteiger partial charge in [0.25, 0.3) is 0 Å². The highest BCUT2D eigenvalue weighted by molar-refractivity contribution is 7.90. The van der Waals surface area contributed by atoms with Crippen molar-refractivity contribution in [2.45, 2.75) is 12.7 Å². The van der Waals surface area contributed by atoms with Crippen LogP contribution >= 0.6 is 0 Å². The van der Waals surface area contributed by atoms with Gasteiger partial charge in [-0.3, -0.25) is 4.78 Å². The first kappa shape index (κ1) is 10.2. The highest BCUT2D eigenvalue weighted by atomic mass is 32.2. The summed E-state index contributed by atoms with van der Waals surface area (Å²) in [5.41, 5.74) is 1.42. The topological polar surface area (TPSA) is 40.9 Å². The molecule has 0 saturated carbocycles. The molecule has 13 heavy (non-hydrogen) atoms. The van der Waals surface area contributed by atoms with Gasteiger partial charge in [0, 0.05) is 16.0 Å². The van der Waals surface area contributed by atoms with Gasteiger partial charge in [0.15, 0.2) is 0 Å². The number of benzene rings is 1. The Bertz CT molecular complexity index is 391. The Balaban J connectivity index is 3.03. The van der Waals surface area contributed by atoms with E-state index in [0.717, 1.165) is 5.56 Å². The summed E-state index contributed by atoms with van der Waals surface area (Å²) in [5.74, 6) is -0.218. The lowest BCUT2D eigenvalue weighted by atomic mass is 10.1. The Hall–Kier alpha value is -0.900.